The van der Waals surface area contributed by atoms with Crippen LogP contribution < -0.4 is 10.1 Å². The Morgan fingerprint density at radius 3 is 1.86 bits per heavy atom. The fourth-order valence-corrected chi connectivity index (χ4v) is 2.76. The van der Waals surface area contributed by atoms with Gasteiger partial charge in [-0.2, -0.15) is 0 Å². The topological polar surface area (TPSA) is 55.4 Å². The van der Waals surface area contributed by atoms with E-state index >= 15 is 0 Å². The van der Waals surface area contributed by atoms with Gasteiger partial charge in [0.2, 0.25) is 6.41 Å². The number of halogens is 1. The van der Waals surface area contributed by atoms with Gasteiger partial charge in [-0.25, -0.2) is 0 Å². The van der Waals surface area contributed by atoms with E-state index < -0.39 is 0 Å². The number of para-hydroxylation sites is 1. The van der Waals surface area contributed by atoms with Gasteiger partial charge in [-0.05, 0) is 63.4 Å². The Hall–Kier alpha value is -2.33. The summed E-state index contributed by atoms with van der Waals surface area (Å²) in [7, 11) is 0. The van der Waals surface area contributed by atoms with Gasteiger partial charge in [-0.3, -0.25) is 4.79 Å². The molecule has 4 nitrogen and oxygen atoms in total. The van der Waals surface area contributed by atoms with E-state index in [1.165, 1.54) is 51.0 Å². The second-order valence-electron chi connectivity index (χ2n) is 8.35. The molecule has 2 aromatic carbocycles. The zero-order valence-electron chi connectivity index (χ0n) is 24.3. The normalized spacial score (nSPS) is 9.72. The number of amides is 1. The molecule has 2 aromatic rings. The molecule has 0 bridgehead atoms. The van der Waals surface area contributed by atoms with Crippen molar-refractivity contribution in [2.24, 2.45) is 0 Å². The SMILES string of the molecule is CC=O.CCC.CCC(C)Oc1ccccc1C.CCCCCCC.Cc1ccc(NC=O)c(Cl)c1. The summed E-state index contributed by atoms with van der Waals surface area (Å²) in [6, 6.07) is 13.6. The molecule has 0 radical (unpaired) electrons. The first kappa shape index (κ1) is 38.2. The average Bonchev–Trinajstić information content (AvgIpc) is 2.84. The number of unbranched alkanes of at least 4 members (excludes halogenated alkanes) is 4. The van der Waals surface area contributed by atoms with Gasteiger partial charge in [0.05, 0.1) is 16.8 Å². The summed E-state index contributed by atoms with van der Waals surface area (Å²) >= 11 is 5.79. The Kier molecular flexibility index (Phi) is 30.7. The maximum atomic E-state index is 10.0. The van der Waals surface area contributed by atoms with E-state index in [-0.39, 0.29) is 0 Å². The number of carbonyl (C=O) groups excluding carboxylic acids is 2. The van der Waals surface area contributed by atoms with Gasteiger partial charge in [-0.1, -0.05) is 109 Å². The van der Waals surface area contributed by atoms with Crippen LogP contribution in [0, 0.1) is 13.8 Å². The van der Waals surface area contributed by atoms with Gasteiger partial charge in [0.15, 0.2) is 0 Å². The molecule has 1 amide bonds. The van der Waals surface area contributed by atoms with Crippen molar-refractivity contribution >= 4 is 30.0 Å². The lowest BCUT2D eigenvalue weighted by atomic mass is 10.2. The van der Waals surface area contributed by atoms with Crippen LogP contribution in [0.15, 0.2) is 42.5 Å². The molecule has 5 heteroatoms. The number of nitrogens with one attached hydrogen (secondary N) is 1. The third-order valence-electron chi connectivity index (χ3n) is 4.54. The van der Waals surface area contributed by atoms with Crippen molar-refractivity contribution in [2.45, 2.75) is 113 Å². The maximum Gasteiger partial charge on any atom is 0.211 e. The largest absolute Gasteiger partial charge is 0.490 e. The first-order chi connectivity index (χ1) is 17.2. The molecule has 206 valence electrons. The summed E-state index contributed by atoms with van der Waals surface area (Å²) in [6.07, 6.45) is 11.0. The number of aryl methyl sites for hydroxylation is 2. The predicted molar refractivity (Wildman–Crippen MR) is 160 cm³/mol. The number of hydrogen-bond donors (Lipinski definition) is 1. The van der Waals surface area contributed by atoms with Crippen LogP contribution >= 0.6 is 11.6 Å². The Morgan fingerprint density at radius 1 is 0.917 bits per heavy atom. The minimum Gasteiger partial charge on any atom is -0.490 e. The molecule has 1 N–H and O–H groups in total. The first-order valence-electron chi connectivity index (χ1n) is 13.3. The van der Waals surface area contributed by atoms with E-state index in [2.05, 4.69) is 59.8 Å². The van der Waals surface area contributed by atoms with Crippen LogP contribution in [-0.2, 0) is 9.59 Å². The molecule has 0 aliphatic carbocycles. The van der Waals surface area contributed by atoms with E-state index in [4.69, 9.17) is 21.1 Å². The molecule has 0 fully saturated rings. The van der Waals surface area contributed by atoms with Gasteiger partial charge in [0, 0.05) is 0 Å². The minimum atomic E-state index is 0.311. The van der Waals surface area contributed by atoms with Crippen LogP contribution in [0.5, 0.6) is 5.75 Å². The lowest BCUT2D eigenvalue weighted by Crippen LogP contribution is -2.10. The van der Waals surface area contributed by atoms with Crippen molar-refractivity contribution in [3.05, 3.63) is 58.6 Å². The number of benzene rings is 2. The fourth-order valence-electron chi connectivity index (χ4n) is 2.47. The van der Waals surface area contributed by atoms with Crippen molar-refractivity contribution in [2.75, 3.05) is 5.32 Å². The van der Waals surface area contributed by atoms with Crippen LogP contribution in [0.25, 0.3) is 0 Å². The summed E-state index contributed by atoms with van der Waals surface area (Å²) in [6.45, 7) is 18.4. The predicted octanol–water partition coefficient (Wildman–Crippen LogP) is 9.99. The molecule has 2 rings (SSSR count). The molecule has 0 saturated carbocycles. The number of rotatable bonds is 9. The Morgan fingerprint density at radius 2 is 1.44 bits per heavy atom. The Balaban J connectivity index is -0.000000418. The fraction of sp³-hybridized carbons (Fsp3) is 0.548. The van der Waals surface area contributed by atoms with Crippen LogP contribution in [0.1, 0.15) is 105 Å². The lowest BCUT2D eigenvalue weighted by molar-refractivity contribution is -0.106. The molecule has 1 unspecified atom stereocenters. The van der Waals surface area contributed by atoms with Gasteiger partial charge in [0.1, 0.15) is 12.0 Å². The van der Waals surface area contributed by atoms with E-state index in [0.29, 0.717) is 23.2 Å². The summed E-state index contributed by atoms with van der Waals surface area (Å²) in [5.74, 6) is 1.01. The maximum absolute atomic E-state index is 10.0. The highest BCUT2D eigenvalue weighted by Gasteiger charge is 2.02. The van der Waals surface area contributed by atoms with Crippen LogP contribution in [0.4, 0.5) is 5.69 Å². The summed E-state index contributed by atoms with van der Waals surface area (Å²) in [4.78, 5) is 18.8. The van der Waals surface area contributed by atoms with E-state index in [9.17, 15) is 4.79 Å². The highest BCUT2D eigenvalue weighted by atomic mass is 35.5. The number of anilines is 1. The van der Waals surface area contributed by atoms with Gasteiger partial charge >= 0.3 is 0 Å². The van der Waals surface area contributed by atoms with Gasteiger partial charge in [0.25, 0.3) is 0 Å². The minimum absolute atomic E-state index is 0.311. The molecular weight excluding hydrogens is 470 g/mol. The molecule has 0 aromatic heterocycles. The zero-order chi connectivity index (χ0) is 28.2. The smallest absolute Gasteiger partial charge is 0.211 e. The number of hydrogen-bond acceptors (Lipinski definition) is 3. The molecule has 36 heavy (non-hydrogen) atoms. The quantitative estimate of drug-likeness (QED) is 0.263. The summed E-state index contributed by atoms with van der Waals surface area (Å²) in [5.41, 5.74) is 2.93. The molecule has 0 aliphatic heterocycles. The number of aldehydes is 1. The van der Waals surface area contributed by atoms with Gasteiger partial charge < -0.3 is 14.8 Å². The van der Waals surface area contributed by atoms with Crippen molar-refractivity contribution in [3.8, 4) is 5.75 Å². The Bertz CT molecular complexity index is 761. The lowest BCUT2D eigenvalue weighted by Gasteiger charge is -2.13. The highest BCUT2D eigenvalue weighted by Crippen LogP contribution is 2.21. The monoisotopic (exact) mass is 521 g/mol. The molecular formula is C31H52ClNO3. The van der Waals surface area contributed by atoms with Crippen LogP contribution in [-0.4, -0.2) is 18.8 Å². The molecule has 0 saturated heterocycles. The molecule has 1 atom stereocenters. The third kappa shape index (κ3) is 24.8. The van der Waals surface area contributed by atoms with Crippen molar-refractivity contribution in [1.82, 2.24) is 0 Å². The number of ether oxygens (including phenoxy) is 1. The second kappa shape index (κ2) is 28.9. The van der Waals surface area contributed by atoms with Gasteiger partial charge in [-0.15, -0.1) is 0 Å². The third-order valence-corrected chi connectivity index (χ3v) is 4.86. The summed E-state index contributed by atoms with van der Waals surface area (Å²) in [5, 5.41) is 3.06. The Labute approximate surface area is 227 Å². The molecule has 0 spiro atoms. The van der Waals surface area contributed by atoms with Crippen molar-refractivity contribution in [1.29, 1.82) is 0 Å². The van der Waals surface area contributed by atoms with Crippen molar-refractivity contribution < 1.29 is 14.3 Å². The van der Waals surface area contributed by atoms with Crippen LogP contribution in [0.3, 0.4) is 0 Å². The first-order valence-corrected chi connectivity index (χ1v) is 13.7. The molecule has 0 heterocycles. The highest BCUT2D eigenvalue weighted by molar-refractivity contribution is 6.33. The van der Waals surface area contributed by atoms with Crippen molar-refractivity contribution in [3.63, 3.8) is 0 Å². The van der Waals surface area contributed by atoms with E-state index in [1.54, 1.807) is 12.1 Å². The van der Waals surface area contributed by atoms with E-state index in [1.807, 2.05) is 31.2 Å². The number of carbonyl (C=O) groups is 2. The molecule has 0 aliphatic rings. The standard InChI is InChI=1S/C11H16O.C8H8ClNO.C7H16.C3H8.C2H4O/c1-4-10(3)12-11-8-6-5-7-9(11)2;1-6-2-3-8(10-5-11)7(9)4-6;1-3-5-7-6-4-2;1-3-2;1-2-3/h5-8,10H,4H2,1-3H3;2-5H,1H3,(H,10,11);3-7H2,1-2H3;3H2,1-2H3;2H,1H3. The summed E-state index contributed by atoms with van der Waals surface area (Å²) < 4.78 is 5.69. The average molecular weight is 522 g/mol. The van der Waals surface area contributed by atoms with Crippen LogP contribution in [0.2, 0.25) is 5.02 Å². The zero-order valence-corrected chi connectivity index (χ0v) is 25.1. The van der Waals surface area contributed by atoms with E-state index in [0.717, 1.165) is 24.0 Å². The second-order valence-corrected chi connectivity index (χ2v) is 8.76.